The molecule has 0 unspecified atom stereocenters. The van der Waals surface area contributed by atoms with Gasteiger partial charge < -0.3 is 20.5 Å². The van der Waals surface area contributed by atoms with Gasteiger partial charge in [0.2, 0.25) is 0 Å². The van der Waals surface area contributed by atoms with Crippen LogP contribution in [0, 0.1) is 0 Å². The van der Waals surface area contributed by atoms with E-state index in [2.05, 4.69) is 5.32 Å². The van der Waals surface area contributed by atoms with Gasteiger partial charge in [0.05, 0.1) is 13.2 Å². The quantitative estimate of drug-likeness (QED) is 0.786. The molecule has 1 aliphatic carbocycles. The zero-order chi connectivity index (χ0) is 16.7. The number of carbonyl (C=O) groups is 1. The number of rotatable bonds is 7. The zero-order valence-corrected chi connectivity index (χ0v) is 15.4. The van der Waals surface area contributed by atoms with Crippen LogP contribution < -0.4 is 20.5 Å². The lowest BCUT2D eigenvalue weighted by atomic mass is 9.82. The molecule has 1 fully saturated rings. The fourth-order valence-electron chi connectivity index (χ4n) is 2.98. The summed E-state index contributed by atoms with van der Waals surface area (Å²) in [5.74, 6) is 1.14. The number of nitrogens with two attached hydrogens (primary N) is 1. The second kappa shape index (κ2) is 9.74. The molecule has 5 nitrogen and oxygen atoms in total. The highest BCUT2D eigenvalue weighted by Crippen LogP contribution is 2.29. The predicted octanol–water partition coefficient (Wildman–Crippen LogP) is 3.30. The molecule has 1 amide bonds. The number of halogens is 1. The summed E-state index contributed by atoms with van der Waals surface area (Å²) in [6.45, 7) is 5.42. The fourth-order valence-corrected chi connectivity index (χ4v) is 2.98. The summed E-state index contributed by atoms with van der Waals surface area (Å²) < 4.78 is 11.1. The van der Waals surface area contributed by atoms with Crippen LogP contribution in [0.4, 0.5) is 0 Å². The third kappa shape index (κ3) is 5.56. The SMILES string of the molecule is CCOc1ccc(C(=O)NCC2(N)CCCCC2)cc1OCC.Cl. The van der Waals surface area contributed by atoms with Gasteiger partial charge in [-0.2, -0.15) is 0 Å². The van der Waals surface area contributed by atoms with Crippen molar-refractivity contribution in [3.63, 3.8) is 0 Å². The van der Waals surface area contributed by atoms with Crippen LogP contribution in [0.3, 0.4) is 0 Å². The van der Waals surface area contributed by atoms with Crippen LogP contribution >= 0.6 is 12.4 Å². The van der Waals surface area contributed by atoms with Crippen LogP contribution in [0.25, 0.3) is 0 Å². The number of hydrogen-bond donors (Lipinski definition) is 2. The molecule has 2 rings (SSSR count). The highest BCUT2D eigenvalue weighted by molar-refractivity contribution is 5.94. The summed E-state index contributed by atoms with van der Waals surface area (Å²) in [5.41, 5.74) is 6.67. The molecular weight excluding hydrogens is 328 g/mol. The van der Waals surface area contributed by atoms with Crippen LogP contribution in [0.15, 0.2) is 18.2 Å². The van der Waals surface area contributed by atoms with Gasteiger partial charge in [-0.15, -0.1) is 12.4 Å². The van der Waals surface area contributed by atoms with Crippen LogP contribution in [-0.4, -0.2) is 31.2 Å². The number of nitrogens with one attached hydrogen (secondary N) is 1. The normalized spacial score (nSPS) is 16.0. The Morgan fingerprint density at radius 2 is 1.75 bits per heavy atom. The number of hydrogen-bond acceptors (Lipinski definition) is 4. The molecule has 6 heteroatoms. The van der Waals surface area contributed by atoms with Crippen LogP contribution in [0.2, 0.25) is 0 Å². The molecular formula is C18H29ClN2O3. The molecule has 24 heavy (non-hydrogen) atoms. The third-order valence-electron chi connectivity index (χ3n) is 4.26. The van der Waals surface area contributed by atoms with E-state index >= 15 is 0 Å². The third-order valence-corrected chi connectivity index (χ3v) is 4.26. The van der Waals surface area contributed by atoms with Gasteiger partial charge >= 0.3 is 0 Å². The fraction of sp³-hybridized carbons (Fsp3) is 0.611. The zero-order valence-electron chi connectivity index (χ0n) is 14.6. The maximum absolute atomic E-state index is 12.4. The molecule has 1 aliphatic rings. The van der Waals surface area contributed by atoms with Gasteiger partial charge in [-0.1, -0.05) is 19.3 Å². The average molecular weight is 357 g/mol. The molecule has 0 atom stereocenters. The van der Waals surface area contributed by atoms with Gasteiger partial charge in [0.15, 0.2) is 11.5 Å². The Hall–Kier alpha value is -1.46. The Bertz CT molecular complexity index is 531. The first-order valence-corrected chi connectivity index (χ1v) is 8.54. The minimum atomic E-state index is -0.262. The second-order valence-electron chi connectivity index (χ2n) is 6.13. The molecule has 1 aromatic carbocycles. The van der Waals surface area contributed by atoms with E-state index in [1.165, 1.54) is 6.42 Å². The summed E-state index contributed by atoms with van der Waals surface area (Å²) in [5, 5.41) is 2.97. The Morgan fingerprint density at radius 3 is 2.38 bits per heavy atom. The average Bonchev–Trinajstić information content (AvgIpc) is 2.55. The summed E-state index contributed by atoms with van der Waals surface area (Å²) in [7, 11) is 0. The molecule has 0 radical (unpaired) electrons. The summed E-state index contributed by atoms with van der Waals surface area (Å²) in [6, 6.07) is 5.27. The lowest BCUT2D eigenvalue weighted by molar-refractivity contribution is 0.0937. The van der Waals surface area contributed by atoms with E-state index in [0.717, 1.165) is 25.7 Å². The lowest BCUT2D eigenvalue weighted by Gasteiger charge is -2.33. The molecule has 0 aromatic heterocycles. The van der Waals surface area contributed by atoms with E-state index in [1.807, 2.05) is 13.8 Å². The van der Waals surface area contributed by atoms with Crippen molar-refractivity contribution in [1.29, 1.82) is 0 Å². The summed E-state index contributed by atoms with van der Waals surface area (Å²) >= 11 is 0. The van der Waals surface area contributed by atoms with Crippen molar-refractivity contribution in [3.8, 4) is 11.5 Å². The molecule has 1 aromatic rings. The highest BCUT2D eigenvalue weighted by atomic mass is 35.5. The van der Waals surface area contributed by atoms with Gasteiger partial charge in [0, 0.05) is 17.6 Å². The standard InChI is InChI=1S/C18H28N2O3.ClH/c1-3-22-15-9-8-14(12-16(15)23-4-2)17(21)20-13-18(19)10-6-5-7-11-18;/h8-9,12H,3-7,10-11,13,19H2,1-2H3,(H,20,21);1H. The Balaban J connectivity index is 0.00000288. The monoisotopic (exact) mass is 356 g/mol. The van der Waals surface area contributed by atoms with Crippen LogP contribution in [-0.2, 0) is 0 Å². The molecule has 3 N–H and O–H groups in total. The van der Waals surface area contributed by atoms with E-state index in [4.69, 9.17) is 15.2 Å². The topological polar surface area (TPSA) is 73.6 Å². The molecule has 136 valence electrons. The molecule has 0 heterocycles. The minimum absolute atomic E-state index is 0. The molecule has 0 saturated heterocycles. The van der Waals surface area contributed by atoms with Crippen molar-refractivity contribution in [3.05, 3.63) is 23.8 Å². The van der Waals surface area contributed by atoms with Crippen molar-refractivity contribution in [2.45, 2.75) is 51.5 Å². The number of carbonyl (C=O) groups excluding carboxylic acids is 1. The maximum atomic E-state index is 12.4. The van der Waals surface area contributed by atoms with Crippen molar-refractivity contribution < 1.29 is 14.3 Å². The molecule has 0 aliphatic heterocycles. The second-order valence-corrected chi connectivity index (χ2v) is 6.13. The van der Waals surface area contributed by atoms with Gasteiger partial charge in [-0.05, 0) is 44.9 Å². The van der Waals surface area contributed by atoms with Crippen LogP contribution in [0.5, 0.6) is 11.5 Å². The van der Waals surface area contributed by atoms with Crippen molar-refractivity contribution in [1.82, 2.24) is 5.32 Å². The summed E-state index contributed by atoms with van der Waals surface area (Å²) in [6.07, 6.45) is 5.47. The lowest BCUT2D eigenvalue weighted by Crippen LogP contribution is -2.51. The maximum Gasteiger partial charge on any atom is 0.251 e. The van der Waals surface area contributed by atoms with Crippen molar-refractivity contribution in [2.75, 3.05) is 19.8 Å². The van der Waals surface area contributed by atoms with Gasteiger partial charge in [-0.3, -0.25) is 4.79 Å². The van der Waals surface area contributed by atoms with E-state index in [-0.39, 0.29) is 23.9 Å². The highest BCUT2D eigenvalue weighted by Gasteiger charge is 2.27. The summed E-state index contributed by atoms with van der Waals surface area (Å²) in [4.78, 5) is 12.4. The number of amides is 1. The first kappa shape index (κ1) is 20.6. The Morgan fingerprint density at radius 1 is 1.12 bits per heavy atom. The van der Waals surface area contributed by atoms with E-state index < -0.39 is 0 Å². The molecule has 0 spiro atoms. The minimum Gasteiger partial charge on any atom is -0.490 e. The smallest absolute Gasteiger partial charge is 0.251 e. The Labute approximate surface area is 150 Å². The Kier molecular flexibility index (Phi) is 8.36. The number of benzene rings is 1. The first-order chi connectivity index (χ1) is 11.1. The van der Waals surface area contributed by atoms with Crippen LogP contribution in [0.1, 0.15) is 56.3 Å². The molecule has 1 saturated carbocycles. The van der Waals surface area contributed by atoms with Gasteiger partial charge in [0.25, 0.3) is 5.91 Å². The number of ether oxygens (including phenoxy) is 2. The van der Waals surface area contributed by atoms with Crippen molar-refractivity contribution in [2.24, 2.45) is 5.73 Å². The first-order valence-electron chi connectivity index (χ1n) is 8.54. The van der Waals surface area contributed by atoms with Gasteiger partial charge in [-0.25, -0.2) is 0 Å². The van der Waals surface area contributed by atoms with Gasteiger partial charge in [0.1, 0.15) is 0 Å². The van der Waals surface area contributed by atoms with E-state index in [9.17, 15) is 4.79 Å². The van der Waals surface area contributed by atoms with E-state index in [0.29, 0.717) is 36.8 Å². The predicted molar refractivity (Wildman–Crippen MR) is 98.4 cm³/mol. The molecule has 0 bridgehead atoms. The van der Waals surface area contributed by atoms with Crippen molar-refractivity contribution >= 4 is 18.3 Å². The van der Waals surface area contributed by atoms with E-state index in [1.54, 1.807) is 18.2 Å². The largest absolute Gasteiger partial charge is 0.490 e.